The van der Waals surface area contributed by atoms with Crippen LogP contribution in [0, 0.1) is 0 Å². The lowest BCUT2D eigenvalue weighted by Crippen LogP contribution is -2.22. The normalized spacial score (nSPS) is 10.3. The van der Waals surface area contributed by atoms with Crippen LogP contribution in [0.4, 0.5) is 28.1 Å². The molecule has 0 fully saturated rings. The molecule has 0 atom stereocenters. The van der Waals surface area contributed by atoms with Gasteiger partial charge in [-0.3, -0.25) is 14.7 Å². The van der Waals surface area contributed by atoms with Gasteiger partial charge in [-0.25, -0.2) is 19.6 Å². The summed E-state index contributed by atoms with van der Waals surface area (Å²) in [6.45, 7) is 8.00. The number of nitrogens with two attached hydrogens (primary N) is 1. The van der Waals surface area contributed by atoms with Crippen LogP contribution in [0.25, 0.3) is 56.5 Å². The highest BCUT2D eigenvalue weighted by molar-refractivity contribution is 6.00. The number of isocyanates is 1. The Bertz CT molecular complexity index is 2980. The second-order valence-electron chi connectivity index (χ2n) is 11.8. The van der Waals surface area contributed by atoms with Crippen molar-refractivity contribution >= 4 is 68.7 Å². The molecule has 0 aliphatic heterocycles. The molecule has 20 heteroatoms. The summed E-state index contributed by atoms with van der Waals surface area (Å²) >= 11 is 0. The van der Waals surface area contributed by atoms with Gasteiger partial charge in [-0.2, -0.15) is 34.2 Å². The molecule has 20 nitrogen and oxygen atoms in total. The van der Waals surface area contributed by atoms with E-state index in [-0.39, 0.29) is 11.9 Å². The van der Waals surface area contributed by atoms with Crippen LogP contribution in [0.3, 0.4) is 0 Å². The van der Waals surface area contributed by atoms with Crippen LogP contribution in [-0.2, 0) is 18.9 Å². The Kier molecular flexibility index (Phi) is 13.1. The number of benzene rings is 2. The molecule has 60 heavy (non-hydrogen) atoms. The van der Waals surface area contributed by atoms with Crippen molar-refractivity contribution in [2.24, 2.45) is 19.1 Å². The lowest BCUT2D eigenvalue weighted by molar-refractivity contribution is 0.262. The number of anilines is 3. The van der Waals surface area contributed by atoms with Crippen LogP contribution in [0.15, 0.2) is 124 Å². The quantitative estimate of drug-likeness (QED) is 0.113. The van der Waals surface area contributed by atoms with Gasteiger partial charge >= 0.3 is 6.03 Å². The Morgan fingerprint density at radius 1 is 0.650 bits per heavy atom. The molecule has 0 unspecified atom stereocenters. The number of nitrogens with zero attached hydrogens (tertiary/aromatic N) is 13. The number of hydrogen-bond acceptors (Lipinski definition) is 14. The van der Waals surface area contributed by atoms with Crippen molar-refractivity contribution in [1.29, 1.82) is 0 Å². The van der Waals surface area contributed by atoms with Crippen LogP contribution in [0.5, 0.6) is 0 Å². The topological polar surface area (TPSA) is 245 Å². The number of hydrogen-bond donors (Lipinski definition) is 3. The van der Waals surface area contributed by atoms with Gasteiger partial charge in [0.25, 0.3) is 0 Å². The van der Waals surface area contributed by atoms with Crippen LogP contribution >= 0.6 is 0 Å². The Hall–Kier alpha value is -8.51. The van der Waals surface area contributed by atoms with Crippen molar-refractivity contribution in [2.75, 3.05) is 16.4 Å². The fraction of sp³-hybridized carbons (Fsp3) is 0.150. The van der Waals surface area contributed by atoms with Crippen molar-refractivity contribution < 1.29 is 18.4 Å². The van der Waals surface area contributed by atoms with E-state index >= 15 is 0 Å². The van der Waals surface area contributed by atoms with Crippen molar-refractivity contribution in [3.63, 3.8) is 0 Å². The van der Waals surface area contributed by atoms with Crippen molar-refractivity contribution in [3.05, 3.63) is 110 Å². The highest BCUT2D eigenvalue weighted by Crippen LogP contribution is 2.25. The molecule has 2 amide bonds. The van der Waals surface area contributed by atoms with Gasteiger partial charge < -0.3 is 19.9 Å². The van der Waals surface area contributed by atoms with E-state index in [1.807, 2.05) is 77.3 Å². The molecule has 10 aromatic rings. The molecule has 0 bridgehead atoms. The first-order chi connectivity index (χ1) is 29.3. The van der Waals surface area contributed by atoms with Crippen molar-refractivity contribution in [3.8, 4) is 23.2 Å². The first kappa shape index (κ1) is 41.1. The molecule has 8 aromatic heterocycles. The number of amides is 2. The summed E-state index contributed by atoms with van der Waals surface area (Å²) < 4.78 is 16.9. The minimum absolute atomic E-state index is 0.194. The minimum atomic E-state index is -0.453. The summed E-state index contributed by atoms with van der Waals surface area (Å²) in [6, 6.07) is 24.7. The van der Waals surface area contributed by atoms with E-state index in [4.69, 9.17) is 14.6 Å². The van der Waals surface area contributed by atoms with Crippen molar-refractivity contribution in [2.45, 2.75) is 27.7 Å². The number of nitrogens with one attached hydrogen (secondary N) is 2. The van der Waals surface area contributed by atoms with Gasteiger partial charge in [-0.15, -0.1) is 10.2 Å². The van der Waals surface area contributed by atoms with Crippen LogP contribution in [0.1, 0.15) is 27.7 Å². The number of aliphatic imine (C=N–C) groups is 1. The zero-order valence-corrected chi connectivity index (χ0v) is 33.4. The van der Waals surface area contributed by atoms with E-state index in [1.165, 1.54) is 15.1 Å². The lowest BCUT2D eigenvalue weighted by Gasteiger charge is -2.07. The largest absolute Gasteiger partial charge is 0.461 e. The number of urea groups is 1. The van der Waals surface area contributed by atoms with Gasteiger partial charge in [0.1, 0.15) is 0 Å². The monoisotopic (exact) mass is 808 g/mol. The summed E-state index contributed by atoms with van der Waals surface area (Å²) in [5.41, 5.74) is 9.29. The Balaban J connectivity index is 0.000000162. The number of nitrogen functional groups attached to an aromatic ring is 1. The predicted octanol–water partition coefficient (Wildman–Crippen LogP) is 7.47. The number of carbonyl (C=O) groups excluding carboxylic acids is 2. The third kappa shape index (κ3) is 9.20. The van der Waals surface area contributed by atoms with Crippen LogP contribution < -0.4 is 16.4 Å². The molecule has 0 saturated heterocycles. The number of rotatable bonds is 5. The maximum absolute atomic E-state index is 12.4. The summed E-state index contributed by atoms with van der Waals surface area (Å²) in [6.07, 6.45) is 8.21. The third-order valence-electron chi connectivity index (χ3n) is 7.84. The number of furan rings is 2. The lowest BCUT2D eigenvalue weighted by atomic mass is 10.3. The zero-order chi connectivity index (χ0) is 42.6. The van der Waals surface area contributed by atoms with Gasteiger partial charge in [-0.1, -0.05) is 64.1 Å². The molecule has 4 N–H and O–H groups in total. The van der Waals surface area contributed by atoms with Crippen LogP contribution in [0.2, 0.25) is 0 Å². The minimum Gasteiger partial charge on any atom is -0.461 e. The van der Waals surface area contributed by atoms with Gasteiger partial charge in [-0.05, 0) is 48.5 Å². The molecule has 0 spiro atoms. The third-order valence-corrected chi connectivity index (χ3v) is 7.84. The van der Waals surface area contributed by atoms with Gasteiger partial charge in [0.2, 0.25) is 29.6 Å². The number of aryl methyl sites for hydroxylation is 2. The Morgan fingerprint density at radius 3 is 1.70 bits per heavy atom. The van der Waals surface area contributed by atoms with E-state index in [2.05, 4.69) is 56.0 Å². The van der Waals surface area contributed by atoms with E-state index in [0.717, 1.165) is 5.39 Å². The second kappa shape index (κ2) is 19.1. The molecular formula is C40H40N16O4. The first-order valence-electron chi connectivity index (χ1n) is 18.6. The fourth-order valence-electron chi connectivity index (χ4n) is 5.46. The highest BCUT2D eigenvalue weighted by atomic mass is 16.3. The zero-order valence-electron chi connectivity index (χ0n) is 33.4. The predicted molar refractivity (Wildman–Crippen MR) is 226 cm³/mol. The standard InChI is InChI=1S/C18H14N8O2.C11H9N7O.C7H5NO.2C2H6/c1-25-10-12-14(23-25)21-17(22-18(27)19-11-6-3-2-4-7-11)26-16(12)20-15(24-26)13-8-5-9-28-13;1-17-5-6-8(15-17)14-11(12)18-10(6)13-9(16-18)7-3-2-4-19-7;9-6-8-7-4-2-1-3-5-7;2*1-2/h2-10H,1H3,(H2,19,21,22,23,27);2-5H,1H3,(H2,12,14,15);1-5H;2*1-2H3. The average molecular weight is 809 g/mol. The Labute approximate surface area is 341 Å². The van der Waals surface area contributed by atoms with E-state index in [0.29, 0.717) is 62.5 Å². The van der Waals surface area contributed by atoms with Gasteiger partial charge in [0, 0.05) is 32.2 Å². The summed E-state index contributed by atoms with van der Waals surface area (Å²) in [7, 11) is 3.61. The highest BCUT2D eigenvalue weighted by Gasteiger charge is 2.19. The van der Waals surface area contributed by atoms with Crippen molar-refractivity contribution in [1.82, 2.24) is 58.7 Å². The molecule has 2 aromatic carbocycles. The SMILES string of the molecule is CC.CC.Cn1cc2c(nc(N)n3nc(-c4ccco4)nc23)n1.Cn1cc2c(nc(NC(=O)Nc3ccccc3)n3nc(-c4ccco4)nc23)n1.O=C=Nc1ccccc1. The summed E-state index contributed by atoms with van der Waals surface area (Å²) in [4.78, 5) is 43.1. The molecule has 8 heterocycles. The van der Waals surface area contributed by atoms with Gasteiger partial charge in [0.05, 0.1) is 29.0 Å². The smallest absolute Gasteiger partial charge is 0.326 e. The Morgan fingerprint density at radius 2 is 1.17 bits per heavy atom. The first-order valence-corrected chi connectivity index (χ1v) is 18.6. The number of carbonyl (C=O) groups is 1. The van der Waals surface area contributed by atoms with Crippen LogP contribution in [-0.4, -0.2) is 70.8 Å². The number of para-hydroxylation sites is 2. The number of aromatic nitrogens is 12. The van der Waals surface area contributed by atoms with Gasteiger partial charge in [0.15, 0.2) is 34.1 Å². The maximum Gasteiger partial charge on any atom is 0.326 e. The van der Waals surface area contributed by atoms with E-state index in [9.17, 15) is 9.59 Å². The summed E-state index contributed by atoms with van der Waals surface area (Å²) in [5.74, 6) is 2.39. The van der Waals surface area contributed by atoms with E-state index in [1.54, 1.807) is 83.7 Å². The maximum atomic E-state index is 12.4. The molecule has 0 saturated carbocycles. The second-order valence-corrected chi connectivity index (χ2v) is 11.8. The fourth-order valence-corrected chi connectivity index (χ4v) is 5.46. The molecule has 0 aliphatic rings. The summed E-state index contributed by atoms with van der Waals surface area (Å²) in [5, 5.41) is 24.2. The molecule has 0 radical (unpaired) electrons. The number of fused-ring (bicyclic) bond motifs is 6. The molecule has 0 aliphatic carbocycles. The van der Waals surface area contributed by atoms with E-state index < -0.39 is 6.03 Å². The molecular weight excluding hydrogens is 769 g/mol. The average Bonchev–Trinajstić information content (AvgIpc) is 4.12. The molecule has 10 rings (SSSR count). The molecule has 304 valence electrons.